The first kappa shape index (κ1) is 9.59. The van der Waals surface area contributed by atoms with Crippen molar-refractivity contribution >= 4 is 0 Å². The first-order chi connectivity index (χ1) is 7.95. The Morgan fingerprint density at radius 1 is 1.00 bits per heavy atom. The molecule has 0 spiro atoms. The lowest BCUT2D eigenvalue weighted by molar-refractivity contribution is 0.599. The third-order valence-electron chi connectivity index (χ3n) is 3.40. The lowest BCUT2D eigenvalue weighted by Crippen LogP contribution is -2.12. The third-order valence-corrected chi connectivity index (χ3v) is 3.40. The van der Waals surface area contributed by atoms with Crippen LogP contribution in [0, 0.1) is 0 Å². The second kappa shape index (κ2) is 4.09. The fourth-order valence-corrected chi connectivity index (χ4v) is 2.62. The number of hydrogen-bond acceptors (Lipinski definition) is 1. The number of fused-ring (bicyclic) bond motifs is 1. The molecule has 1 aromatic carbocycles. The Labute approximate surface area is 96.2 Å². The highest BCUT2D eigenvalue weighted by atomic mass is 14.7. The summed E-state index contributed by atoms with van der Waals surface area (Å²) in [4.78, 5) is 4.58. The Hall–Kier alpha value is -1.63. The van der Waals surface area contributed by atoms with Crippen molar-refractivity contribution in [1.29, 1.82) is 0 Å². The second-order valence-corrected chi connectivity index (χ2v) is 4.40. The van der Waals surface area contributed by atoms with Crippen LogP contribution < -0.4 is 0 Å². The lowest BCUT2D eigenvalue weighted by Gasteiger charge is -2.24. The van der Waals surface area contributed by atoms with E-state index in [-0.39, 0.29) is 0 Å². The second-order valence-electron chi connectivity index (χ2n) is 4.40. The number of rotatable bonds is 1. The molecule has 1 nitrogen and oxygen atoms in total. The van der Waals surface area contributed by atoms with Gasteiger partial charge in [-0.25, -0.2) is 0 Å². The maximum absolute atomic E-state index is 4.58. The van der Waals surface area contributed by atoms with E-state index in [0.29, 0.717) is 5.92 Å². The van der Waals surface area contributed by atoms with E-state index in [4.69, 9.17) is 0 Å². The Balaban J connectivity index is 2.05. The quantitative estimate of drug-likeness (QED) is 0.700. The van der Waals surface area contributed by atoms with Crippen molar-refractivity contribution in [2.24, 2.45) is 0 Å². The summed E-state index contributed by atoms with van der Waals surface area (Å²) >= 11 is 0. The zero-order chi connectivity index (χ0) is 10.8. The molecule has 0 saturated heterocycles. The standard InChI is InChI=1S/C15H15N/c1-2-6-12(7-3-1)14-10-4-8-13-9-5-11-16-15(13)14/h1-3,5-7,9,11,14H,4,8,10H2. The van der Waals surface area contributed by atoms with E-state index >= 15 is 0 Å². The van der Waals surface area contributed by atoms with E-state index in [1.807, 2.05) is 12.3 Å². The van der Waals surface area contributed by atoms with Crippen molar-refractivity contribution in [2.75, 3.05) is 0 Å². The molecule has 0 saturated carbocycles. The van der Waals surface area contributed by atoms with Gasteiger partial charge in [0.1, 0.15) is 0 Å². The van der Waals surface area contributed by atoms with Crippen molar-refractivity contribution in [2.45, 2.75) is 25.2 Å². The molecule has 0 amide bonds. The molecule has 1 aliphatic rings. The van der Waals surface area contributed by atoms with Gasteiger partial charge in [-0.2, -0.15) is 0 Å². The lowest BCUT2D eigenvalue weighted by atomic mass is 9.82. The highest BCUT2D eigenvalue weighted by Gasteiger charge is 2.22. The van der Waals surface area contributed by atoms with Crippen molar-refractivity contribution in [3.05, 3.63) is 65.5 Å². The molecule has 0 aliphatic heterocycles. The molecule has 1 atom stereocenters. The Kier molecular flexibility index (Phi) is 2.45. The van der Waals surface area contributed by atoms with Crippen LogP contribution in [-0.4, -0.2) is 4.98 Å². The molecule has 0 radical (unpaired) electrons. The van der Waals surface area contributed by atoms with Crippen molar-refractivity contribution in [1.82, 2.24) is 4.98 Å². The van der Waals surface area contributed by atoms with Gasteiger partial charge in [0.05, 0.1) is 5.69 Å². The van der Waals surface area contributed by atoms with Crippen LogP contribution in [0.4, 0.5) is 0 Å². The van der Waals surface area contributed by atoms with Crippen LogP contribution in [0.5, 0.6) is 0 Å². The number of benzene rings is 1. The summed E-state index contributed by atoms with van der Waals surface area (Å²) in [6.07, 6.45) is 5.61. The molecular weight excluding hydrogens is 194 g/mol. The summed E-state index contributed by atoms with van der Waals surface area (Å²) in [5.41, 5.74) is 4.13. The van der Waals surface area contributed by atoms with Crippen LogP contribution in [0.15, 0.2) is 48.7 Å². The van der Waals surface area contributed by atoms with Gasteiger partial charge in [0.25, 0.3) is 0 Å². The molecule has 16 heavy (non-hydrogen) atoms. The number of nitrogens with zero attached hydrogens (tertiary/aromatic N) is 1. The predicted molar refractivity (Wildman–Crippen MR) is 65.5 cm³/mol. The van der Waals surface area contributed by atoms with Crippen molar-refractivity contribution in [3.63, 3.8) is 0 Å². The molecule has 80 valence electrons. The molecule has 1 aliphatic carbocycles. The van der Waals surface area contributed by atoms with Gasteiger partial charge >= 0.3 is 0 Å². The summed E-state index contributed by atoms with van der Waals surface area (Å²) in [5.74, 6) is 0.506. The molecule has 0 bridgehead atoms. The highest BCUT2D eigenvalue weighted by Crippen LogP contribution is 2.34. The summed E-state index contributed by atoms with van der Waals surface area (Å²) in [7, 11) is 0. The summed E-state index contributed by atoms with van der Waals surface area (Å²) in [5, 5.41) is 0. The van der Waals surface area contributed by atoms with Gasteiger partial charge < -0.3 is 0 Å². The molecule has 2 aromatic rings. The van der Waals surface area contributed by atoms with E-state index in [1.165, 1.54) is 36.1 Å². The van der Waals surface area contributed by atoms with E-state index in [2.05, 4.69) is 41.4 Å². The molecule has 3 rings (SSSR count). The van der Waals surface area contributed by atoms with Crippen LogP contribution >= 0.6 is 0 Å². The highest BCUT2D eigenvalue weighted by molar-refractivity contribution is 5.35. The Bertz CT molecular complexity index is 476. The van der Waals surface area contributed by atoms with Crippen LogP contribution in [0.25, 0.3) is 0 Å². The van der Waals surface area contributed by atoms with Crippen molar-refractivity contribution < 1.29 is 0 Å². The molecule has 1 heteroatoms. The van der Waals surface area contributed by atoms with Gasteiger partial charge in [-0.15, -0.1) is 0 Å². The van der Waals surface area contributed by atoms with Gasteiger partial charge in [-0.05, 0) is 36.5 Å². The smallest absolute Gasteiger partial charge is 0.0510 e. The monoisotopic (exact) mass is 209 g/mol. The van der Waals surface area contributed by atoms with Crippen LogP contribution in [0.1, 0.15) is 35.6 Å². The maximum Gasteiger partial charge on any atom is 0.0510 e. The molecule has 0 fully saturated rings. The van der Waals surface area contributed by atoms with Crippen molar-refractivity contribution in [3.8, 4) is 0 Å². The number of hydrogen-bond donors (Lipinski definition) is 0. The molecule has 1 heterocycles. The zero-order valence-corrected chi connectivity index (χ0v) is 9.26. The molecular formula is C15H15N. The maximum atomic E-state index is 4.58. The summed E-state index contributed by atoms with van der Waals surface area (Å²) < 4.78 is 0. The first-order valence-electron chi connectivity index (χ1n) is 5.94. The fraction of sp³-hybridized carbons (Fsp3) is 0.267. The number of aromatic nitrogens is 1. The minimum atomic E-state index is 0.506. The Morgan fingerprint density at radius 2 is 1.88 bits per heavy atom. The van der Waals surface area contributed by atoms with Crippen LogP contribution in [0.2, 0.25) is 0 Å². The normalized spacial score (nSPS) is 19.1. The summed E-state index contributed by atoms with van der Waals surface area (Å²) in [6.45, 7) is 0. The minimum absolute atomic E-state index is 0.506. The van der Waals surface area contributed by atoms with Gasteiger partial charge in [0, 0.05) is 12.1 Å². The van der Waals surface area contributed by atoms with E-state index in [9.17, 15) is 0 Å². The molecule has 1 unspecified atom stereocenters. The van der Waals surface area contributed by atoms with Crippen LogP contribution in [-0.2, 0) is 6.42 Å². The zero-order valence-electron chi connectivity index (χ0n) is 9.26. The topological polar surface area (TPSA) is 12.9 Å². The fourth-order valence-electron chi connectivity index (χ4n) is 2.62. The number of pyridine rings is 1. The van der Waals surface area contributed by atoms with Gasteiger partial charge in [0.2, 0.25) is 0 Å². The van der Waals surface area contributed by atoms with Gasteiger partial charge in [0.15, 0.2) is 0 Å². The Morgan fingerprint density at radius 3 is 2.75 bits per heavy atom. The SMILES string of the molecule is c1ccc(C2CCCc3cccnc32)cc1. The average Bonchev–Trinajstić information content (AvgIpc) is 2.39. The van der Waals surface area contributed by atoms with E-state index in [0.717, 1.165) is 0 Å². The summed E-state index contributed by atoms with van der Waals surface area (Å²) in [6, 6.07) is 15.0. The molecule has 0 N–H and O–H groups in total. The first-order valence-corrected chi connectivity index (χ1v) is 5.94. The minimum Gasteiger partial charge on any atom is -0.260 e. The molecule has 1 aromatic heterocycles. The van der Waals surface area contributed by atoms with E-state index < -0.39 is 0 Å². The average molecular weight is 209 g/mol. The predicted octanol–water partition coefficient (Wildman–Crippen LogP) is 3.55. The van der Waals surface area contributed by atoms with Gasteiger partial charge in [-0.3, -0.25) is 4.98 Å². The van der Waals surface area contributed by atoms with E-state index in [1.54, 1.807) is 0 Å². The van der Waals surface area contributed by atoms with Crippen LogP contribution in [0.3, 0.4) is 0 Å². The number of aryl methyl sites for hydroxylation is 1. The third kappa shape index (κ3) is 1.63. The van der Waals surface area contributed by atoms with Gasteiger partial charge in [-0.1, -0.05) is 36.4 Å². The largest absolute Gasteiger partial charge is 0.260 e.